The third kappa shape index (κ3) is 23.8. The minimum Gasteiger partial charge on any atom is -0.351 e. The first-order chi connectivity index (χ1) is 22.9. The van der Waals surface area contributed by atoms with Crippen molar-refractivity contribution in [2.75, 3.05) is 6.61 Å². The van der Waals surface area contributed by atoms with Crippen molar-refractivity contribution in [1.29, 1.82) is 0 Å². The Kier molecular flexibility index (Phi) is 21.5. The maximum Gasteiger partial charge on any atom is 0.536 e. The lowest BCUT2D eigenvalue weighted by atomic mass is 9.85. The van der Waals surface area contributed by atoms with Gasteiger partial charge in [0.25, 0.3) is 0 Å². The first kappa shape index (κ1) is 38.7. The summed E-state index contributed by atoms with van der Waals surface area (Å²) in [5.74, 6) is 42.7. The summed E-state index contributed by atoms with van der Waals surface area (Å²) in [6.45, 7) is 6.48. The Balaban J connectivity index is 2.54. The Hall–Kier alpha value is -6.34. The monoisotopic (exact) mass is 633 g/mol. The Labute approximate surface area is 278 Å². The fourth-order valence-electron chi connectivity index (χ4n) is 3.59. The van der Waals surface area contributed by atoms with Crippen molar-refractivity contribution < 1.29 is 23.3 Å². The molecular weight excluding hydrogens is 605 g/mol. The lowest BCUT2D eigenvalue weighted by Gasteiger charge is -2.27. The first-order valence-corrected chi connectivity index (χ1v) is 15.7. The maximum absolute atomic E-state index is 12.1. The van der Waals surface area contributed by atoms with E-state index in [-0.39, 0.29) is 12.5 Å². The molecular formula is C40H28NO5P. The van der Waals surface area contributed by atoms with Crippen LogP contribution < -0.4 is 5.32 Å². The summed E-state index contributed by atoms with van der Waals surface area (Å²) in [4.78, 5) is 21.4. The molecule has 0 spiro atoms. The van der Waals surface area contributed by atoms with Gasteiger partial charge in [0, 0.05) is 54.3 Å². The molecule has 1 fully saturated rings. The second kappa shape index (κ2) is 26.1. The summed E-state index contributed by atoms with van der Waals surface area (Å²) in [6.07, 6.45) is 8.95. The standard InChI is InChI=1S/C40H28NO5P/c1-4-6-7-8-21-25-30-38(5-2)31-26-22-19-17-15-13-11-9-10-12-14-16-18-20-23-29-34-45-47(43,44)46-36-40(41-37(3)42)35-39-32-27-24-28-33-39/h39-40H,1,5,24,27-28,32-33,35-36H2,2-3H3,(H,41,42)(H,43,44). The molecule has 1 rings (SSSR count). The lowest BCUT2D eigenvalue weighted by molar-refractivity contribution is -0.120. The average molecular weight is 634 g/mol. The molecule has 2 atom stereocenters. The fourth-order valence-corrected chi connectivity index (χ4v) is 4.18. The lowest BCUT2D eigenvalue weighted by Crippen LogP contribution is -2.38. The fraction of sp³-hybridized carbons (Fsp3) is 0.300. The predicted octanol–water partition coefficient (Wildman–Crippen LogP) is 4.64. The Morgan fingerprint density at radius 3 is 1.85 bits per heavy atom. The number of phosphoric ester groups is 1. The Morgan fingerprint density at radius 2 is 1.32 bits per heavy atom. The molecule has 2 N–H and O–H groups in total. The molecule has 0 aliphatic heterocycles. The van der Waals surface area contributed by atoms with E-state index in [1.807, 2.05) is 13.0 Å². The van der Waals surface area contributed by atoms with Crippen molar-refractivity contribution in [3.8, 4) is 107 Å². The molecule has 47 heavy (non-hydrogen) atoms. The SMILES string of the molecule is C=C=C=C=C=C=C=C=C(C#CC#CC#CC#CC#CC#CC#CC#CC#COP(=O)(O)OCC(CC1CCCCC1)NC(C)=O)CC. The number of phosphoric acid groups is 1. The smallest absolute Gasteiger partial charge is 0.351 e. The van der Waals surface area contributed by atoms with Gasteiger partial charge in [0.1, 0.15) is 6.11 Å². The summed E-state index contributed by atoms with van der Waals surface area (Å²) in [5.41, 5.74) is 18.7. The van der Waals surface area contributed by atoms with Gasteiger partial charge < -0.3 is 9.84 Å². The number of carbonyl (C=O) groups is 1. The van der Waals surface area contributed by atoms with Gasteiger partial charge in [-0.2, -0.15) is 0 Å². The van der Waals surface area contributed by atoms with Crippen molar-refractivity contribution in [1.82, 2.24) is 5.32 Å². The molecule has 0 aromatic carbocycles. The number of hydrogen-bond acceptors (Lipinski definition) is 4. The van der Waals surface area contributed by atoms with E-state index in [1.54, 1.807) is 0 Å². The second-order valence-corrected chi connectivity index (χ2v) is 10.4. The van der Waals surface area contributed by atoms with Crippen molar-refractivity contribution >= 4 is 13.7 Å². The van der Waals surface area contributed by atoms with Crippen molar-refractivity contribution in [2.45, 2.75) is 64.8 Å². The molecule has 0 aromatic rings. The van der Waals surface area contributed by atoms with Crippen LogP contribution >= 0.6 is 7.82 Å². The number of rotatable bonds is 8. The van der Waals surface area contributed by atoms with Gasteiger partial charge >= 0.3 is 7.82 Å². The van der Waals surface area contributed by atoms with Gasteiger partial charge in [0.05, 0.1) is 18.2 Å². The molecule has 1 aliphatic carbocycles. The van der Waals surface area contributed by atoms with Crippen LogP contribution in [-0.4, -0.2) is 23.4 Å². The maximum atomic E-state index is 12.1. The van der Waals surface area contributed by atoms with Crippen molar-refractivity contribution in [2.24, 2.45) is 5.92 Å². The van der Waals surface area contributed by atoms with E-state index < -0.39 is 13.9 Å². The topological polar surface area (TPSA) is 84.9 Å². The normalized spacial score (nSPS) is 11.5. The van der Waals surface area contributed by atoms with E-state index in [0.29, 0.717) is 24.3 Å². The van der Waals surface area contributed by atoms with Gasteiger partial charge in [-0.05, 0) is 113 Å². The molecule has 2 unspecified atom stereocenters. The van der Waals surface area contributed by atoms with Gasteiger partial charge in [-0.3, -0.25) is 14.2 Å². The average Bonchev–Trinajstić information content (AvgIpc) is 3.05. The highest BCUT2D eigenvalue weighted by Crippen LogP contribution is 2.43. The second-order valence-electron chi connectivity index (χ2n) is 8.98. The minimum atomic E-state index is -4.46. The molecule has 0 bridgehead atoms. The molecule has 0 aromatic heterocycles. The highest BCUT2D eigenvalue weighted by molar-refractivity contribution is 7.47. The Morgan fingerprint density at radius 1 is 0.809 bits per heavy atom. The van der Waals surface area contributed by atoms with E-state index >= 15 is 0 Å². The molecule has 228 valence electrons. The van der Waals surface area contributed by atoms with Crippen LogP contribution in [0.5, 0.6) is 0 Å². The van der Waals surface area contributed by atoms with Crippen LogP contribution in [0.1, 0.15) is 58.8 Å². The molecule has 0 saturated heterocycles. The third-order valence-corrected chi connectivity index (χ3v) is 6.25. The summed E-state index contributed by atoms with van der Waals surface area (Å²) in [5, 5.41) is 2.76. The molecule has 0 heterocycles. The summed E-state index contributed by atoms with van der Waals surface area (Å²) in [6, 6.07) is -0.397. The highest BCUT2D eigenvalue weighted by atomic mass is 31.2. The first-order valence-electron chi connectivity index (χ1n) is 14.2. The van der Waals surface area contributed by atoms with Gasteiger partial charge in [0.15, 0.2) is 0 Å². The number of nitrogens with one attached hydrogen (secondary N) is 1. The van der Waals surface area contributed by atoms with Crippen LogP contribution in [0.3, 0.4) is 0 Å². The highest BCUT2D eigenvalue weighted by Gasteiger charge is 2.26. The molecule has 1 saturated carbocycles. The molecule has 1 amide bonds. The molecule has 1 aliphatic rings. The van der Waals surface area contributed by atoms with Crippen molar-refractivity contribution in [3.05, 3.63) is 52.3 Å². The zero-order valence-electron chi connectivity index (χ0n) is 26.0. The van der Waals surface area contributed by atoms with Gasteiger partial charge in [-0.15, -0.1) is 0 Å². The molecule has 0 radical (unpaired) electrons. The van der Waals surface area contributed by atoms with E-state index in [4.69, 9.17) is 4.52 Å². The third-order valence-electron chi connectivity index (χ3n) is 5.46. The molecule has 7 heteroatoms. The van der Waals surface area contributed by atoms with E-state index in [1.165, 1.54) is 13.3 Å². The summed E-state index contributed by atoms with van der Waals surface area (Å²) < 4.78 is 21.7. The molecule has 6 nitrogen and oxygen atoms in total. The van der Waals surface area contributed by atoms with Gasteiger partial charge in [0.2, 0.25) is 5.91 Å². The summed E-state index contributed by atoms with van der Waals surface area (Å²) in [7, 11) is -4.46. The predicted molar refractivity (Wildman–Crippen MR) is 180 cm³/mol. The minimum absolute atomic E-state index is 0.172. The van der Waals surface area contributed by atoms with Gasteiger partial charge in [-0.1, -0.05) is 44.8 Å². The number of allylic oxidation sites excluding steroid dienone is 1. The zero-order valence-corrected chi connectivity index (χ0v) is 26.9. The zero-order chi connectivity index (χ0) is 34.3. The van der Waals surface area contributed by atoms with Crippen LogP contribution in [0.15, 0.2) is 52.3 Å². The number of amides is 1. The van der Waals surface area contributed by atoms with E-state index in [9.17, 15) is 14.3 Å². The number of carbonyl (C=O) groups excluding carboxylic acids is 1. The largest absolute Gasteiger partial charge is 0.536 e. The summed E-state index contributed by atoms with van der Waals surface area (Å²) >= 11 is 0. The van der Waals surface area contributed by atoms with E-state index in [2.05, 4.69) is 157 Å². The van der Waals surface area contributed by atoms with Crippen LogP contribution in [0, 0.1) is 113 Å². The van der Waals surface area contributed by atoms with Crippen LogP contribution in [0.25, 0.3) is 0 Å². The van der Waals surface area contributed by atoms with Crippen LogP contribution in [0.2, 0.25) is 0 Å². The number of hydrogen-bond donors (Lipinski definition) is 2. The quantitative estimate of drug-likeness (QED) is 0.231. The van der Waals surface area contributed by atoms with Crippen LogP contribution in [-0.2, 0) is 18.4 Å². The Bertz CT molecular complexity index is 2090. The van der Waals surface area contributed by atoms with Crippen LogP contribution in [0.4, 0.5) is 0 Å². The van der Waals surface area contributed by atoms with E-state index in [0.717, 1.165) is 25.7 Å². The van der Waals surface area contributed by atoms with Gasteiger partial charge in [-0.25, -0.2) is 4.57 Å². The van der Waals surface area contributed by atoms with Crippen molar-refractivity contribution in [3.63, 3.8) is 0 Å².